The predicted molar refractivity (Wildman–Crippen MR) is 98.2 cm³/mol. The lowest BCUT2D eigenvalue weighted by molar-refractivity contribution is -0.136. The number of nitrogens with one attached hydrogen (secondary N) is 1. The Kier molecular flexibility index (Phi) is 5.51. The van der Waals surface area contributed by atoms with Crippen molar-refractivity contribution in [2.45, 2.75) is 58.4 Å². The maximum Gasteiger partial charge on any atom is 0.243 e. The van der Waals surface area contributed by atoms with Crippen molar-refractivity contribution in [2.75, 3.05) is 6.54 Å². The molecule has 0 saturated heterocycles. The first-order valence-corrected chi connectivity index (χ1v) is 9.27. The van der Waals surface area contributed by atoms with Crippen molar-refractivity contribution >= 4 is 17.5 Å². The second kappa shape index (κ2) is 7.81. The summed E-state index contributed by atoms with van der Waals surface area (Å²) in [6.07, 6.45) is 5.61. The van der Waals surface area contributed by atoms with Crippen LogP contribution >= 0.6 is 0 Å². The van der Waals surface area contributed by atoms with E-state index in [0.29, 0.717) is 18.8 Å². The van der Waals surface area contributed by atoms with Gasteiger partial charge in [-0.2, -0.15) is 5.10 Å². The molecule has 1 aromatic rings. The molecule has 134 valence electrons. The van der Waals surface area contributed by atoms with Crippen molar-refractivity contribution in [2.24, 2.45) is 11.0 Å². The zero-order valence-electron chi connectivity index (χ0n) is 15.1. The molecule has 1 heterocycles. The number of nitrogens with zero attached hydrogens (tertiary/aromatic N) is 2. The fourth-order valence-electron chi connectivity index (χ4n) is 3.60. The average Bonchev–Trinajstić information content (AvgIpc) is 2.60. The first kappa shape index (κ1) is 17.6. The highest BCUT2D eigenvalue weighted by molar-refractivity contribution is 6.04. The molecule has 1 saturated carbocycles. The zero-order valence-corrected chi connectivity index (χ0v) is 15.1. The molecule has 1 aliphatic carbocycles. The van der Waals surface area contributed by atoms with E-state index in [1.54, 1.807) is 0 Å². The number of benzene rings is 1. The van der Waals surface area contributed by atoms with Crippen LogP contribution in [0.4, 0.5) is 0 Å². The monoisotopic (exact) mass is 341 g/mol. The van der Waals surface area contributed by atoms with Crippen LogP contribution in [0.1, 0.15) is 56.6 Å². The minimum absolute atomic E-state index is 0.0113. The highest BCUT2D eigenvalue weighted by Crippen LogP contribution is 2.23. The smallest absolute Gasteiger partial charge is 0.243 e. The minimum Gasteiger partial charge on any atom is -0.351 e. The third-order valence-electron chi connectivity index (χ3n) is 5.24. The molecule has 2 amide bonds. The summed E-state index contributed by atoms with van der Waals surface area (Å²) in [7, 11) is 0. The lowest BCUT2D eigenvalue weighted by Gasteiger charge is -2.30. The molecule has 1 fully saturated rings. The average molecular weight is 341 g/mol. The Morgan fingerprint density at radius 2 is 1.92 bits per heavy atom. The number of aryl methyl sites for hydroxylation is 1. The predicted octanol–water partition coefficient (Wildman–Crippen LogP) is 3.02. The van der Waals surface area contributed by atoms with Crippen molar-refractivity contribution < 1.29 is 9.59 Å². The van der Waals surface area contributed by atoms with Gasteiger partial charge in [-0.1, -0.05) is 49.6 Å². The van der Waals surface area contributed by atoms with Crippen LogP contribution < -0.4 is 5.32 Å². The number of carbonyl (C=O) groups is 2. The molecular formula is C20H27N3O2. The first-order valence-electron chi connectivity index (χ1n) is 9.27. The second-order valence-electron chi connectivity index (χ2n) is 7.30. The lowest BCUT2D eigenvalue weighted by atomic mass is 9.86. The number of rotatable bonds is 4. The summed E-state index contributed by atoms with van der Waals surface area (Å²) < 4.78 is 0. The number of hydrazone groups is 1. The van der Waals surface area contributed by atoms with Crippen LogP contribution in [0.25, 0.3) is 0 Å². The van der Waals surface area contributed by atoms with E-state index in [1.807, 2.05) is 31.2 Å². The normalized spacial score (nSPS) is 24.0. The molecule has 5 nitrogen and oxygen atoms in total. The van der Waals surface area contributed by atoms with Crippen LogP contribution in [0, 0.1) is 12.8 Å². The van der Waals surface area contributed by atoms with Gasteiger partial charge < -0.3 is 5.32 Å². The van der Waals surface area contributed by atoms with Gasteiger partial charge >= 0.3 is 0 Å². The maximum absolute atomic E-state index is 12.4. The molecule has 0 bridgehead atoms. The SMILES string of the molecule is Cc1ccc(C2=NN(CC(=O)N[C@H]3CCCC[C@H]3C)C(=O)CC2)cc1. The molecule has 0 unspecified atom stereocenters. The van der Waals surface area contributed by atoms with Crippen LogP contribution in [-0.4, -0.2) is 35.1 Å². The van der Waals surface area contributed by atoms with Crippen molar-refractivity contribution in [3.63, 3.8) is 0 Å². The zero-order chi connectivity index (χ0) is 17.8. The molecule has 5 heteroatoms. The van der Waals surface area contributed by atoms with Crippen molar-refractivity contribution in [1.29, 1.82) is 0 Å². The van der Waals surface area contributed by atoms with E-state index in [4.69, 9.17) is 0 Å². The summed E-state index contributed by atoms with van der Waals surface area (Å²) in [6, 6.07) is 8.34. The largest absolute Gasteiger partial charge is 0.351 e. The molecule has 1 aromatic carbocycles. The lowest BCUT2D eigenvalue weighted by Crippen LogP contribution is -2.46. The summed E-state index contributed by atoms with van der Waals surface area (Å²) in [5.74, 6) is 0.310. The number of amides is 2. The summed E-state index contributed by atoms with van der Waals surface area (Å²) in [6.45, 7) is 4.24. The molecule has 2 atom stereocenters. The van der Waals surface area contributed by atoms with E-state index in [-0.39, 0.29) is 24.4 Å². The summed E-state index contributed by atoms with van der Waals surface area (Å²) in [4.78, 5) is 24.5. The van der Waals surface area contributed by atoms with E-state index in [9.17, 15) is 9.59 Å². The van der Waals surface area contributed by atoms with Gasteiger partial charge in [-0.3, -0.25) is 9.59 Å². The van der Waals surface area contributed by atoms with Gasteiger partial charge in [0.25, 0.3) is 0 Å². The van der Waals surface area contributed by atoms with Gasteiger partial charge in [0.15, 0.2) is 0 Å². The number of hydrogen-bond donors (Lipinski definition) is 1. The number of hydrogen-bond acceptors (Lipinski definition) is 3. The molecule has 25 heavy (non-hydrogen) atoms. The van der Waals surface area contributed by atoms with E-state index < -0.39 is 0 Å². The Labute approximate surface area is 149 Å². The van der Waals surface area contributed by atoms with Gasteiger partial charge in [0.1, 0.15) is 6.54 Å². The summed E-state index contributed by atoms with van der Waals surface area (Å²) in [5.41, 5.74) is 3.08. The molecule has 0 spiro atoms. The van der Waals surface area contributed by atoms with Gasteiger partial charge in [-0.15, -0.1) is 0 Å². The van der Waals surface area contributed by atoms with E-state index >= 15 is 0 Å². The van der Waals surface area contributed by atoms with Crippen molar-refractivity contribution in [3.8, 4) is 0 Å². The van der Waals surface area contributed by atoms with Crippen LogP contribution in [0.2, 0.25) is 0 Å². The van der Waals surface area contributed by atoms with E-state index in [0.717, 1.165) is 30.5 Å². The summed E-state index contributed by atoms with van der Waals surface area (Å²) in [5, 5.41) is 8.89. The Hall–Kier alpha value is -2.17. The molecule has 0 radical (unpaired) electrons. The minimum atomic E-state index is -0.110. The first-order chi connectivity index (χ1) is 12.0. The molecule has 1 aliphatic heterocycles. The molecule has 0 aromatic heterocycles. The molecule has 2 aliphatic rings. The molecular weight excluding hydrogens is 314 g/mol. The fourth-order valence-corrected chi connectivity index (χ4v) is 3.60. The molecule has 3 rings (SSSR count). The Bertz CT molecular complexity index is 666. The second-order valence-corrected chi connectivity index (χ2v) is 7.30. The van der Waals surface area contributed by atoms with Gasteiger partial charge in [-0.25, -0.2) is 5.01 Å². The van der Waals surface area contributed by atoms with Crippen molar-refractivity contribution in [3.05, 3.63) is 35.4 Å². The Morgan fingerprint density at radius 1 is 1.20 bits per heavy atom. The van der Waals surface area contributed by atoms with Gasteiger partial charge in [0.05, 0.1) is 5.71 Å². The highest BCUT2D eigenvalue weighted by Gasteiger charge is 2.26. The fraction of sp³-hybridized carbons (Fsp3) is 0.550. The van der Waals surface area contributed by atoms with Crippen LogP contribution in [0.15, 0.2) is 29.4 Å². The standard InChI is InChI=1S/C20H27N3O2/c1-14-7-9-16(10-8-14)18-11-12-20(25)23(22-18)13-19(24)21-17-6-4-3-5-15(17)2/h7-10,15,17H,3-6,11-13H2,1-2H3,(H,21,24)/t15-,17+/m1/s1. The quantitative estimate of drug-likeness (QED) is 0.915. The van der Waals surface area contributed by atoms with E-state index in [1.165, 1.54) is 17.0 Å². The van der Waals surface area contributed by atoms with Crippen molar-refractivity contribution in [1.82, 2.24) is 10.3 Å². The van der Waals surface area contributed by atoms with Gasteiger partial charge in [0.2, 0.25) is 11.8 Å². The summed E-state index contributed by atoms with van der Waals surface area (Å²) >= 11 is 0. The number of carbonyl (C=O) groups excluding carboxylic acids is 2. The Morgan fingerprint density at radius 3 is 2.64 bits per heavy atom. The van der Waals surface area contributed by atoms with E-state index in [2.05, 4.69) is 17.3 Å². The maximum atomic E-state index is 12.4. The van der Waals surface area contributed by atoms with Crippen LogP contribution in [0.3, 0.4) is 0 Å². The Balaban J connectivity index is 1.65. The van der Waals surface area contributed by atoms with Gasteiger partial charge in [0, 0.05) is 18.9 Å². The van der Waals surface area contributed by atoms with Crippen LogP contribution in [0.5, 0.6) is 0 Å². The third-order valence-corrected chi connectivity index (χ3v) is 5.24. The highest BCUT2D eigenvalue weighted by atomic mass is 16.2. The third kappa shape index (κ3) is 4.47. The van der Waals surface area contributed by atoms with Crippen LogP contribution in [-0.2, 0) is 9.59 Å². The topological polar surface area (TPSA) is 61.8 Å². The van der Waals surface area contributed by atoms with Gasteiger partial charge in [-0.05, 0) is 31.2 Å². The molecule has 1 N–H and O–H groups in total.